The number of piperidine rings is 1. The molecule has 2 aromatic rings. The van der Waals surface area contributed by atoms with Crippen molar-refractivity contribution in [1.29, 1.82) is 5.26 Å². The Balaban J connectivity index is 1.68. The lowest BCUT2D eigenvalue weighted by Crippen LogP contribution is -2.42. The monoisotopic (exact) mass is 430 g/mol. The Morgan fingerprint density at radius 3 is 2.47 bits per heavy atom. The first-order chi connectivity index (χ1) is 14.3. The molecule has 0 atom stereocenters. The second-order valence-electron chi connectivity index (χ2n) is 8.24. The molecule has 0 radical (unpaired) electrons. The van der Waals surface area contributed by atoms with Crippen LogP contribution in [0.4, 0.5) is 5.95 Å². The number of hydrogen-bond donors (Lipinski definition) is 1. The quantitative estimate of drug-likeness (QED) is 0.786. The molecule has 0 spiro atoms. The van der Waals surface area contributed by atoms with Gasteiger partial charge in [0.2, 0.25) is 16.0 Å². The van der Waals surface area contributed by atoms with Gasteiger partial charge in [-0.15, -0.1) is 0 Å². The summed E-state index contributed by atoms with van der Waals surface area (Å²) >= 11 is 0. The molecule has 10 heteroatoms. The molecular formula is C20H26N6O3S. The van der Waals surface area contributed by atoms with Gasteiger partial charge in [0.15, 0.2) is 0 Å². The van der Waals surface area contributed by atoms with Gasteiger partial charge in [-0.2, -0.15) is 10.2 Å². The number of sulfonamides is 1. The van der Waals surface area contributed by atoms with Gasteiger partial charge < -0.3 is 5.32 Å². The summed E-state index contributed by atoms with van der Waals surface area (Å²) in [5.74, 6) is 0.426. The number of rotatable bonds is 4. The maximum Gasteiger partial charge on any atom is 0.270 e. The molecule has 2 aromatic heterocycles. The van der Waals surface area contributed by atoms with Gasteiger partial charge >= 0.3 is 0 Å². The van der Waals surface area contributed by atoms with E-state index in [9.17, 15) is 18.5 Å². The third kappa shape index (κ3) is 3.79. The lowest BCUT2D eigenvalue weighted by atomic mass is 10.1. The van der Waals surface area contributed by atoms with Crippen LogP contribution in [0.15, 0.2) is 11.0 Å². The highest BCUT2D eigenvalue weighted by atomic mass is 32.2. The van der Waals surface area contributed by atoms with Crippen molar-refractivity contribution in [3.8, 4) is 6.07 Å². The summed E-state index contributed by atoms with van der Waals surface area (Å²) in [5.41, 5.74) is 1.06. The van der Waals surface area contributed by atoms with Crippen LogP contribution >= 0.6 is 0 Å². The summed E-state index contributed by atoms with van der Waals surface area (Å²) in [7, 11) is -3.17. The summed E-state index contributed by atoms with van der Waals surface area (Å²) in [6.45, 7) is 2.68. The predicted molar refractivity (Wildman–Crippen MR) is 114 cm³/mol. The summed E-state index contributed by atoms with van der Waals surface area (Å²) in [6.07, 6.45) is 8.16. The van der Waals surface area contributed by atoms with Crippen LogP contribution in [0, 0.1) is 18.3 Å². The van der Waals surface area contributed by atoms with Crippen molar-refractivity contribution in [3.05, 3.63) is 27.7 Å². The van der Waals surface area contributed by atoms with Crippen LogP contribution in [0.2, 0.25) is 0 Å². The summed E-state index contributed by atoms with van der Waals surface area (Å²) < 4.78 is 26.6. The Kier molecular flexibility index (Phi) is 5.51. The smallest absolute Gasteiger partial charge is 0.270 e. The van der Waals surface area contributed by atoms with Gasteiger partial charge in [-0.25, -0.2) is 17.7 Å². The van der Waals surface area contributed by atoms with Crippen molar-refractivity contribution in [2.24, 2.45) is 0 Å². The molecular weight excluding hydrogens is 404 g/mol. The molecule has 3 heterocycles. The molecule has 4 rings (SSSR count). The molecule has 1 aliphatic heterocycles. The van der Waals surface area contributed by atoms with Crippen LogP contribution in [0.1, 0.15) is 55.7 Å². The average Bonchev–Trinajstić information content (AvgIpc) is 3.22. The van der Waals surface area contributed by atoms with Gasteiger partial charge in [-0.05, 0) is 38.2 Å². The number of aromatic nitrogens is 3. The first-order valence-corrected chi connectivity index (χ1v) is 12.2. The molecule has 30 heavy (non-hydrogen) atoms. The van der Waals surface area contributed by atoms with Crippen molar-refractivity contribution in [3.63, 3.8) is 0 Å². The largest absolute Gasteiger partial charge is 0.351 e. The molecule has 9 nitrogen and oxygen atoms in total. The second-order valence-corrected chi connectivity index (χ2v) is 10.2. The van der Waals surface area contributed by atoms with Crippen LogP contribution in [-0.4, -0.2) is 52.6 Å². The summed E-state index contributed by atoms with van der Waals surface area (Å²) in [4.78, 5) is 22.2. The number of nitriles is 1. The Hall–Kier alpha value is -2.51. The first-order valence-electron chi connectivity index (χ1n) is 10.3. The van der Waals surface area contributed by atoms with Crippen molar-refractivity contribution < 1.29 is 8.42 Å². The van der Waals surface area contributed by atoms with E-state index in [0.29, 0.717) is 43.1 Å². The van der Waals surface area contributed by atoms with Crippen LogP contribution in [0.5, 0.6) is 0 Å². The van der Waals surface area contributed by atoms with Crippen molar-refractivity contribution in [2.75, 3.05) is 24.7 Å². The van der Waals surface area contributed by atoms with E-state index >= 15 is 0 Å². The van der Waals surface area contributed by atoms with E-state index in [1.54, 1.807) is 17.7 Å². The van der Waals surface area contributed by atoms with Crippen molar-refractivity contribution in [1.82, 2.24) is 18.8 Å². The number of anilines is 1. The van der Waals surface area contributed by atoms with Crippen LogP contribution in [-0.2, 0) is 10.0 Å². The fourth-order valence-electron chi connectivity index (χ4n) is 4.55. The topological polar surface area (TPSA) is 121 Å². The van der Waals surface area contributed by atoms with Crippen molar-refractivity contribution >= 4 is 27.0 Å². The Morgan fingerprint density at radius 2 is 1.87 bits per heavy atom. The second kappa shape index (κ2) is 7.96. The van der Waals surface area contributed by atoms with Crippen LogP contribution in [0.3, 0.4) is 0 Å². The molecule has 1 aliphatic carbocycles. The number of aryl methyl sites for hydroxylation is 1. The highest BCUT2D eigenvalue weighted by Crippen LogP contribution is 2.31. The molecule has 1 N–H and O–H groups in total. The van der Waals surface area contributed by atoms with Gasteiger partial charge in [0.25, 0.3) is 5.56 Å². The van der Waals surface area contributed by atoms with E-state index < -0.39 is 10.0 Å². The third-order valence-corrected chi connectivity index (χ3v) is 7.57. The molecule has 0 unspecified atom stereocenters. The average molecular weight is 431 g/mol. The molecule has 160 valence electrons. The van der Waals surface area contributed by atoms with Crippen LogP contribution < -0.4 is 10.9 Å². The van der Waals surface area contributed by atoms with Gasteiger partial charge in [-0.3, -0.25) is 9.36 Å². The van der Waals surface area contributed by atoms with E-state index in [0.717, 1.165) is 31.1 Å². The molecule has 0 bridgehead atoms. The van der Waals surface area contributed by atoms with Crippen LogP contribution in [0.25, 0.3) is 11.0 Å². The Morgan fingerprint density at radius 1 is 1.20 bits per heavy atom. The zero-order valence-electron chi connectivity index (χ0n) is 17.3. The number of nitrogens with zero attached hydrogens (tertiary/aromatic N) is 5. The van der Waals surface area contributed by atoms with E-state index in [1.807, 2.05) is 0 Å². The van der Waals surface area contributed by atoms with Gasteiger partial charge in [0, 0.05) is 36.8 Å². The molecule has 2 aliphatic rings. The minimum atomic E-state index is -3.17. The summed E-state index contributed by atoms with van der Waals surface area (Å²) in [6, 6.07) is 2.17. The number of pyridine rings is 1. The third-order valence-electron chi connectivity index (χ3n) is 6.27. The van der Waals surface area contributed by atoms with Gasteiger partial charge in [0.05, 0.1) is 6.26 Å². The lowest BCUT2D eigenvalue weighted by molar-refractivity contribution is 0.331. The normalized spacial score (nSPS) is 19.2. The fraction of sp³-hybridized carbons (Fsp3) is 0.600. The van der Waals surface area contributed by atoms with E-state index in [4.69, 9.17) is 0 Å². The lowest BCUT2D eigenvalue weighted by Gasteiger charge is -2.30. The Bertz CT molecular complexity index is 1170. The molecule has 1 saturated carbocycles. The van der Waals surface area contributed by atoms with E-state index in [1.165, 1.54) is 10.6 Å². The Labute approximate surface area is 175 Å². The fourth-order valence-corrected chi connectivity index (χ4v) is 5.42. The standard InChI is InChI=1S/C20H26N6O3S/c1-13-16(11-21)19(27)26(15-5-3-4-6-15)18-17(13)12-22-20(24-18)23-14-7-9-25(10-8-14)30(2,28)29/h12,14-15H,3-10H2,1-2H3,(H,22,23,24). The number of fused-ring (bicyclic) bond motifs is 1. The maximum absolute atomic E-state index is 13.1. The zero-order chi connectivity index (χ0) is 21.5. The minimum Gasteiger partial charge on any atom is -0.351 e. The predicted octanol–water partition coefficient (Wildman–Crippen LogP) is 1.92. The van der Waals surface area contributed by atoms with Gasteiger partial charge in [0.1, 0.15) is 17.3 Å². The van der Waals surface area contributed by atoms with Gasteiger partial charge in [-0.1, -0.05) is 12.8 Å². The van der Waals surface area contributed by atoms with E-state index in [2.05, 4.69) is 21.4 Å². The molecule has 1 saturated heterocycles. The maximum atomic E-state index is 13.1. The number of nitrogens with one attached hydrogen (secondary N) is 1. The van der Waals surface area contributed by atoms with Crippen molar-refractivity contribution in [2.45, 2.75) is 57.5 Å². The first kappa shape index (κ1) is 20.8. The summed E-state index contributed by atoms with van der Waals surface area (Å²) in [5, 5.41) is 13.5. The molecule has 0 aromatic carbocycles. The SMILES string of the molecule is Cc1c(C#N)c(=O)n(C2CCCC2)c2nc(NC3CCN(S(C)(=O)=O)CC3)ncc12. The van der Waals surface area contributed by atoms with E-state index in [-0.39, 0.29) is 23.2 Å². The minimum absolute atomic E-state index is 0.0495. The molecule has 0 amide bonds. The number of hydrogen-bond acceptors (Lipinski definition) is 7. The zero-order valence-corrected chi connectivity index (χ0v) is 18.1. The highest BCUT2D eigenvalue weighted by Gasteiger charge is 2.27. The molecule has 2 fully saturated rings. The highest BCUT2D eigenvalue weighted by molar-refractivity contribution is 7.88.